The maximum atomic E-state index is 9.45. The number of aromatic nitrogens is 1. The van der Waals surface area contributed by atoms with Crippen LogP contribution in [0.4, 0.5) is 0 Å². The van der Waals surface area contributed by atoms with Crippen LogP contribution in [0, 0.1) is 11.3 Å². The minimum atomic E-state index is 0.498. The molecule has 0 radical (unpaired) electrons. The van der Waals surface area contributed by atoms with E-state index in [-0.39, 0.29) is 0 Å². The van der Waals surface area contributed by atoms with Crippen LogP contribution in [0.25, 0.3) is 11.1 Å². The van der Waals surface area contributed by atoms with Crippen LogP contribution >= 0.6 is 23.2 Å². The Bertz CT molecular complexity index is 722. The van der Waals surface area contributed by atoms with Gasteiger partial charge in [0.05, 0.1) is 22.3 Å². The van der Waals surface area contributed by atoms with E-state index in [9.17, 15) is 5.26 Å². The third-order valence-electron chi connectivity index (χ3n) is 4.30. The van der Waals surface area contributed by atoms with Gasteiger partial charge >= 0.3 is 0 Å². The molecule has 1 aromatic carbocycles. The largest absolute Gasteiger partial charge is 0.339 e. The summed E-state index contributed by atoms with van der Waals surface area (Å²) in [5.74, 6) is 0. The molecule has 0 amide bonds. The Kier molecular flexibility index (Phi) is 5.27. The summed E-state index contributed by atoms with van der Waals surface area (Å²) in [5, 5.41) is 10.5. The number of benzene rings is 1. The van der Waals surface area contributed by atoms with E-state index in [1.165, 1.54) is 25.7 Å². The van der Waals surface area contributed by atoms with Gasteiger partial charge in [-0.25, -0.2) is 0 Å². The van der Waals surface area contributed by atoms with Gasteiger partial charge in [0.25, 0.3) is 0 Å². The van der Waals surface area contributed by atoms with Gasteiger partial charge in [-0.2, -0.15) is 5.26 Å². The highest BCUT2D eigenvalue weighted by atomic mass is 35.5. The highest BCUT2D eigenvalue weighted by molar-refractivity contribution is 6.43. The zero-order chi connectivity index (χ0) is 16.2. The quantitative estimate of drug-likeness (QED) is 0.767. The molecule has 1 aliphatic rings. The van der Waals surface area contributed by atoms with Gasteiger partial charge in [0, 0.05) is 23.5 Å². The summed E-state index contributed by atoms with van der Waals surface area (Å²) in [5.41, 5.74) is 2.28. The summed E-state index contributed by atoms with van der Waals surface area (Å²) >= 11 is 12.4. The van der Waals surface area contributed by atoms with Crippen LogP contribution in [0.5, 0.6) is 0 Å². The topological polar surface area (TPSA) is 32.0 Å². The molecule has 1 fully saturated rings. The van der Waals surface area contributed by atoms with Crippen molar-refractivity contribution in [2.24, 2.45) is 0 Å². The Morgan fingerprint density at radius 2 is 1.74 bits per heavy atom. The molecule has 2 heterocycles. The van der Waals surface area contributed by atoms with Crippen LogP contribution in [-0.4, -0.2) is 22.6 Å². The normalized spacial score (nSPS) is 16.0. The molecule has 2 aromatic rings. The van der Waals surface area contributed by atoms with Crippen LogP contribution in [0.1, 0.15) is 31.2 Å². The number of likely N-dealkylation sites (tertiary alicyclic amines) is 1. The lowest BCUT2D eigenvalue weighted by Gasteiger charge is -2.20. The van der Waals surface area contributed by atoms with Crippen LogP contribution in [0.15, 0.2) is 30.6 Å². The van der Waals surface area contributed by atoms with E-state index < -0.39 is 0 Å². The van der Waals surface area contributed by atoms with Crippen molar-refractivity contribution in [1.82, 2.24) is 9.47 Å². The van der Waals surface area contributed by atoms with Crippen LogP contribution in [0.2, 0.25) is 10.0 Å². The van der Waals surface area contributed by atoms with Crippen LogP contribution in [-0.2, 0) is 6.67 Å². The zero-order valence-corrected chi connectivity index (χ0v) is 14.4. The SMILES string of the molecule is N#Cc1cn(CN2CCCCCC2)cc1-c1cccc(Cl)c1Cl. The summed E-state index contributed by atoms with van der Waals surface area (Å²) in [6.45, 7) is 3.05. The van der Waals surface area contributed by atoms with Gasteiger partial charge in [-0.3, -0.25) is 4.90 Å². The van der Waals surface area contributed by atoms with Gasteiger partial charge in [-0.15, -0.1) is 0 Å². The van der Waals surface area contributed by atoms with Crippen molar-refractivity contribution in [2.75, 3.05) is 13.1 Å². The van der Waals surface area contributed by atoms with E-state index in [2.05, 4.69) is 15.5 Å². The molecule has 0 atom stereocenters. The maximum absolute atomic E-state index is 9.45. The standard InChI is InChI=1S/C18H19Cl2N3/c19-17-7-5-6-15(18(17)20)16-12-23(11-14(16)10-21)13-22-8-3-1-2-4-9-22/h5-7,11-12H,1-4,8-9,13H2. The number of nitriles is 1. The van der Waals surface area contributed by atoms with E-state index in [0.717, 1.165) is 30.9 Å². The fraction of sp³-hybridized carbons (Fsp3) is 0.389. The lowest BCUT2D eigenvalue weighted by molar-refractivity contribution is 0.227. The molecule has 23 heavy (non-hydrogen) atoms. The molecule has 1 saturated heterocycles. The molecule has 0 saturated carbocycles. The summed E-state index contributed by atoms with van der Waals surface area (Å²) < 4.78 is 2.08. The van der Waals surface area contributed by atoms with Crippen molar-refractivity contribution < 1.29 is 0 Å². The molecule has 0 bridgehead atoms. The molecular weight excluding hydrogens is 329 g/mol. The Morgan fingerprint density at radius 1 is 1.00 bits per heavy atom. The van der Waals surface area contributed by atoms with Crippen molar-refractivity contribution in [3.63, 3.8) is 0 Å². The first kappa shape index (κ1) is 16.4. The fourth-order valence-electron chi connectivity index (χ4n) is 3.11. The second-order valence-electron chi connectivity index (χ2n) is 5.99. The van der Waals surface area contributed by atoms with Gasteiger partial charge in [0.1, 0.15) is 6.07 Å². The highest BCUT2D eigenvalue weighted by Crippen LogP contribution is 2.35. The molecular formula is C18H19Cl2N3. The molecule has 3 nitrogen and oxygen atoms in total. The van der Waals surface area contributed by atoms with Crippen molar-refractivity contribution >= 4 is 23.2 Å². The van der Waals surface area contributed by atoms with E-state index in [4.69, 9.17) is 23.2 Å². The molecule has 1 aromatic heterocycles. The molecule has 1 aliphatic heterocycles. The highest BCUT2D eigenvalue weighted by Gasteiger charge is 2.15. The minimum absolute atomic E-state index is 0.498. The average molecular weight is 348 g/mol. The summed E-state index contributed by atoms with van der Waals surface area (Å²) in [6, 6.07) is 7.79. The fourth-order valence-corrected chi connectivity index (χ4v) is 3.52. The minimum Gasteiger partial charge on any atom is -0.339 e. The third kappa shape index (κ3) is 3.72. The molecule has 0 N–H and O–H groups in total. The van der Waals surface area contributed by atoms with Gasteiger partial charge < -0.3 is 4.57 Å². The number of nitrogens with zero attached hydrogens (tertiary/aromatic N) is 3. The molecule has 3 rings (SSSR count). The number of halogens is 2. The van der Waals surface area contributed by atoms with Crippen molar-refractivity contribution in [3.05, 3.63) is 46.2 Å². The van der Waals surface area contributed by atoms with E-state index in [1.807, 2.05) is 24.5 Å². The predicted octanol–water partition coefficient (Wildman–Crippen LogP) is 5.17. The van der Waals surface area contributed by atoms with E-state index in [0.29, 0.717) is 15.6 Å². The number of hydrogen-bond acceptors (Lipinski definition) is 2. The smallest absolute Gasteiger partial charge is 0.101 e. The Hall–Kier alpha value is -1.47. The number of hydrogen-bond donors (Lipinski definition) is 0. The van der Waals surface area contributed by atoms with Gasteiger partial charge in [-0.1, -0.05) is 48.2 Å². The van der Waals surface area contributed by atoms with E-state index in [1.54, 1.807) is 6.07 Å². The second kappa shape index (κ2) is 7.40. The molecule has 0 aliphatic carbocycles. The first-order valence-corrected chi connectivity index (χ1v) is 8.71. The second-order valence-corrected chi connectivity index (χ2v) is 6.77. The monoisotopic (exact) mass is 347 g/mol. The van der Waals surface area contributed by atoms with Crippen molar-refractivity contribution in [3.8, 4) is 17.2 Å². The number of rotatable bonds is 3. The maximum Gasteiger partial charge on any atom is 0.101 e. The predicted molar refractivity (Wildman–Crippen MR) is 94.6 cm³/mol. The Balaban J connectivity index is 1.89. The van der Waals surface area contributed by atoms with Crippen LogP contribution < -0.4 is 0 Å². The molecule has 0 unspecified atom stereocenters. The molecule has 5 heteroatoms. The summed E-state index contributed by atoms with van der Waals surface area (Å²) in [4.78, 5) is 2.44. The van der Waals surface area contributed by atoms with Gasteiger partial charge in [-0.05, 0) is 32.0 Å². The van der Waals surface area contributed by atoms with Gasteiger partial charge in [0.15, 0.2) is 0 Å². The average Bonchev–Trinajstić information content (AvgIpc) is 2.77. The Labute approximate surface area is 147 Å². The molecule has 120 valence electrons. The first-order valence-electron chi connectivity index (χ1n) is 7.95. The lowest BCUT2D eigenvalue weighted by atomic mass is 10.1. The third-order valence-corrected chi connectivity index (χ3v) is 5.12. The van der Waals surface area contributed by atoms with E-state index >= 15 is 0 Å². The summed E-state index contributed by atoms with van der Waals surface area (Å²) in [6.07, 6.45) is 9.03. The zero-order valence-electron chi connectivity index (χ0n) is 12.9. The molecule has 0 spiro atoms. The van der Waals surface area contributed by atoms with Gasteiger partial charge in [0.2, 0.25) is 0 Å². The van der Waals surface area contributed by atoms with Crippen LogP contribution in [0.3, 0.4) is 0 Å². The van der Waals surface area contributed by atoms with Crippen molar-refractivity contribution in [2.45, 2.75) is 32.4 Å². The first-order chi connectivity index (χ1) is 11.2. The lowest BCUT2D eigenvalue weighted by Crippen LogP contribution is -2.26. The summed E-state index contributed by atoms with van der Waals surface area (Å²) in [7, 11) is 0. The van der Waals surface area contributed by atoms with Crippen molar-refractivity contribution in [1.29, 1.82) is 5.26 Å². The Morgan fingerprint density at radius 3 is 2.43 bits per heavy atom.